The van der Waals surface area contributed by atoms with Gasteiger partial charge in [-0.15, -0.1) is 10.2 Å². The molecule has 0 aliphatic heterocycles. The van der Waals surface area contributed by atoms with Gasteiger partial charge in [-0.2, -0.15) is 9.61 Å². The van der Waals surface area contributed by atoms with Crippen LogP contribution in [0.4, 0.5) is 11.4 Å². The molecule has 2 aromatic heterocycles. The SMILES string of the molecule is Cc1nnc2sc(-c3ccccc3NC(=O)c3ccc(Cl)c([N+](=O)[O-])c3)nn12. The van der Waals surface area contributed by atoms with Crippen molar-refractivity contribution in [3.63, 3.8) is 0 Å². The minimum atomic E-state index is -0.630. The first-order chi connectivity index (χ1) is 13.4. The van der Waals surface area contributed by atoms with Crippen LogP contribution < -0.4 is 5.32 Å². The van der Waals surface area contributed by atoms with Crippen LogP contribution in [0.5, 0.6) is 0 Å². The molecule has 0 aliphatic carbocycles. The largest absolute Gasteiger partial charge is 0.321 e. The summed E-state index contributed by atoms with van der Waals surface area (Å²) >= 11 is 7.15. The van der Waals surface area contributed by atoms with Crippen LogP contribution in [0.1, 0.15) is 16.2 Å². The Balaban J connectivity index is 1.68. The van der Waals surface area contributed by atoms with Crippen molar-refractivity contribution in [1.82, 2.24) is 19.8 Å². The summed E-state index contributed by atoms with van der Waals surface area (Å²) in [4.78, 5) is 23.7. The Morgan fingerprint density at radius 3 is 2.79 bits per heavy atom. The average Bonchev–Trinajstić information content (AvgIpc) is 3.24. The van der Waals surface area contributed by atoms with Gasteiger partial charge in [-0.3, -0.25) is 14.9 Å². The van der Waals surface area contributed by atoms with Gasteiger partial charge in [0.2, 0.25) is 4.96 Å². The normalized spacial score (nSPS) is 10.9. The minimum absolute atomic E-state index is 0.0305. The molecule has 11 heteroatoms. The van der Waals surface area contributed by atoms with Crippen molar-refractivity contribution in [2.75, 3.05) is 5.32 Å². The fraction of sp³-hybridized carbons (Fsp3) is 0.0588. The highest BCUT2D eigenvalue weighted by Gasteiger charge is 2.18. The number of anilines is 1. The second-order valence-corrected chi connectivity index (χ2v) is 7.13. The molecule has 0 fully saturated rings. The maximum atomic E-state index is 12.6. The lowest BCUT2D eigenvalue weighted by Crippen LogP contribution is -2.13. The van der Waals surface area contributed by atoms with Gasteiger partial charge in [0.05, 0.1) is 10.6 Å². The van der Waals surface area contributed by atoms with Gasteiger partial charge in [0, 0.05) is 17.2 Å². The van der Waals surface area contributed by atoms with Crippen molar-refractivity contribution >= 4 is 45.2 Å². The van der Waals surface area contributed by atoms with Crippen LogP contribution in [0.15, 0.2) is 42.5 Å². The van der Waals surface area contributed by atoms with Gasteiger partial charge < -0.3 is 5.32 Å². The van der Waals surface area contributed by atoms with E-state index >= 15 is 0 Å². The minimum Gasteiger partial charge on any atom is -0.321 e. The number of nitro benzene ring substituents is 1. The number of halogens is 1. The lowest BCUT2D eigenvalue weighted by molar-refractivity contribution is -0.384. The molecule has 4 aromatic rings. The van der Waals surface area contributed by atoms with Crippen molar-refractivity contribution in [1.29, 1.82) is 0 Å². The molecular weight excluding hydrogens is 404 g/mol. The number of benzene rings is 2. The van der Waals surface area contributed by atoms with E-state index in [2.05, 4.69) is 20.6 Å². The number of amides is 1. The molecule has 0 unspecified atom stereocenters. The van der Waals surface area contributed by atoms with E-state index in [1.807, 2.05) is 12.1 Å². The number of aromatic nitrogens is 4. The van der Waals surface area contributed by atoms with Crippen LogP contribution in [0, 0.1) is 17.0 Å². The first-order valence-electron chi connectivity index (χ1n) is 7.97. The van der Waals surface area contributed by atoms with E-state index in [9.17, 15) is 14.9 Å². The highest BCUT2D eigenvalue weighted by molar-refractivity contribution is 7.19. The second kappa shape index (κ2) is 6.98. The van der Waals surface area contributed by atoms with Crippen LogP contribution >= 0.6 is 22.9 Å². The maximum Gasteiger partial charge on any atom is 0.288 e. The number of fused-ring (bicyclic) bond motifs is 1. The Morgan fingerprint density at radius 2 is 2.04 bits per heavy atom. The summed E-state index contributed by atoms with van der Waals surface area (Å²) in [6.45, 7) is 1.80. The van der Waals surface area contributed by atoms with E-state index in [1.165, 1.54) is 23.5 Å². The van der Waals surface area contributed by atoms with E-state index in [4.69, 9.17) is 11.6 Å². The fourth-order valence-electron chi connectivity index (χ4n) is 2.59. The summed E-state index contributed by atoms with van der Waals surface area (Å²) in [5.41, 5.74) is 1.02. The van der Waals surface area contributed by atoms with E-state index in [1.54, 1.807) is 23.6 Å². The topological polar surface area (TPSA) is 115 Å². The van der Waals surface area contributed by atoms with Gasteiger partial charge in [-0.25, -0.2) is 0 Å². The molecule has 2 heterocycles. The predicted molar refractivity (Wildman–Crippen MR) is 105 cm³/mol. The van der Waals surface area contributed by atoms with Crippen molar-refractivity contribution in [2.45, 2.75) is 6.92 Å². The highest BCUT2D eigenvalue weighted by Crippen LogP contribution is 2.32. The molecule has 0 saturated carbocycles. The maximum absolute atomic E-state index is 12.6. The third kappa shape index (κ3) is 3.19. The van der Waals surface area contributed by atoms with Crippen LogP contribution in [0.3, 0.4) is 0 Å². The molecule has 28 heavy (non-hydrogen) atoms. The number of hydrogen-bond donors (Lipinski definition) is 1. The number of para-hydroxylation sites is 1. The molecular formula is C17H11ClN6O3S. The molecule has 4 rings (SSSR count). The van der Waals surface area contributed by atoms with Crippen molar-refractivity contribution in [2.24, 2.45) is 0 Å². The van der Waals surface area contributed by atoms with E-state index in [0.717, 1.165) is 6.07 Å². The number of nitrogens with one attached hydrogen (secondary N) is 1. The van der Waals surface area contributed by atoms with Gasteiger partial charge in [-0.05, 0) is 31.2 Å². The summed E-state index contributed by atoms with van der Waals surface area (Å²) in [6.07, 6.45) is 0. The summed E-state index contributed by atoms with van der Waals surface area (Å²) in [7, 11) is 0. The van der Waals surface area contributed by atoms with Crippen molar-refractivity contribution in [3.05, 3.63) is 69.0 Å². The van der Waals surface area contributed by atoms with Gasteiger partial charge in [0.25, 0.3) is 11.6 Å². The zero-order chi connectivity index (χ0) is 19.8. The first kappa shape index (κ1) is 18.0. The van der Waals surface area contributed by atoms with Crippen molar-refractivity contribution in [3.8, 4) is 10.6 Å². The van der Waals surface area contributed by atoms with Crippen LogP contribution in [0.2, 0.25) is 5.02 Å². The van der Waals surface area contributed by atoms with Crippen LogP contribution in [-0.4, -0.2) is 30.6 Å². The summed E-state index contributed by atoms with van der Waals surface area (Å²) < 4.78 is 1.63. The lowest BCUT2D eigenvalue weighted by Gasteiger charge is -2.09. The van der Waals surface area contributed by atoms with Gasteiger partial charge in [0.1, 0.15) is 10.0 Å². The Labute approximate surface area is 166 Å². The van der Waals surface area contributed by atoms with Gasteiger partial charge >= 0.3 is 0 Å². The molecule has 0 saturated heterocycles. The molecule has 2 aromatic carbocycles. The Morgan fingerprint density at radius 1 is 1.25 bits per heavy atom. The molecule has 0 aliphatic rings. The van der Waals surface area contributed by atoms with E-state index < -0.39 is 10.8 Å². The fourth-order valence-corrected chi connectivity index (χ4v) is 3.70. The number of hydrogen-bond acceptors (Lipinski definition) is 7. The summed E-state index contributed by atoms with van der Waals surface area (Å²) in [5, 5.41) is 26.9. The molecule has 0 atom stereocenters. The zero-order valence-corrected chi connectivity index (χ0v) is 15.9. The van der Waals surface area contributed by atoms with E-state index in [0.29, 0.717) is 27.0 Å². The number of rotatable bonds is 4. The third-order valence-corrected chi connectivity index (χ3v) is 5.21. The summed E-state index contributed by atoms with van der Waals surface area (Å²) in [6, 6.07) is 11.1. The monoisotopic (exact) mass is 414 g/mol. The van der Waals surface area contributed by atoms with Crippen LogP contribution in [-0.2, 0) is 0 Å². The number of carbonyl (C=O) groups is 1. The molecule has 0 spiro atoms. The Hall–Kier alpha value is -3.37. The zero-order valence-electron chi connectivity index (χ0n) is 14.3. The summed E-state index contributed by atoms with van der Waals surface area (Å²) in [5.74, 6) is 0.166. The molecule has 1 N–H and O–H groups in total. The average molecular weight is 415 g/mol. The second-order valence-electron chi connectivity index (χ2n) is 5.77. The number of nitro groups is 1. The number of nitrogens with zero attached hydrogens (tertiary/aromatic N) is 5. The molecule has 0 bridgehead atoms. The lowest BCUT2D eigenvalue weighted by atomic mass is 10.1. The van der Waals surface area contributed by atoms with Crippen molar-refractivity contribution < 1.29 is 9.72 Å². The Kier molecular flexibility index (Phi) is 4.49. The highest BCUT2D eigenvalue weighted by atomic mass is 35.5. The predicted octanol–water partition coefficient (Wildman–Crippen LogP) is 3.98. The van der Waals surface area contributed by atoms with Gasteiger partial charge in [-0.1, -0.05) is 35.1 Å². The molecule has 0 radical (unpaired) electrons. The quantitative estimate of drug-likeness (QED) is 0.399. The van der Waals surface area contributed by atoms with Gasteiger partial charge in [0.15, 0.2) is 5.82 Å². The number of carbonyl (C=O) groups excluding carboxylic acids is 1. The number of aryl methyl sites for hydroxylation is 1. The third-order valence-electron chi connectivity index (χ3n) is 3.96. The molecule has 1 amide bonds. The first-order valence-corrected chi connectivity index (χ1v) is 9.17. The standard InChI is InChI=1S/C17H11ClN6O3S/c1-9-20-21-17-23(9)22-16(28-17)11-4-2-3-5-13(11)19-15(25)10-6-7-12(18)14(8-10)24(26)27/h2-8H,1H3,(H,19,25). The molecule has 140 valence electrons. The van der Waals surface area contributed by atoms with Crippen LogP contribution in [0.25, 0.3) is 15.5 Å². The van der Waals surface area contributed by atoms with E-state index in [-0.39, 0.29) is 16.3 Å². The Bertz CT molecular complexity index is 1230. The molecule has 9 nitrogen and oxygen atoms in total. The smallest absolute Gasteiger partial charge is 0.288 e.